The number of amides is 2. The molecule has 0 saturated carbocycles. The first-order chi connectivity index (χ1) is 14.5. The minimum absolute atomic E-state index is 0.143. The summed E-state index contributed by atoms with van der Waals surface area (Å²) < 4.78 is 5.77. The molecule has 2 amide bonds. The van der Waals surface area contributed by atoms with E-state index in [1.54, 1.807) is 17.0 Å². The molecule has 0 unspecified atom stereocenters. The second-order valence-electron chi connectivity index (χ2n) is 8.85. The van der Waals surface area contributed by atoms with Gasteiger partial charge in [-0.2, -0.15) is 0 Å². The summed E-state index contributed by atoms with van der Waals surface area (Å²) in [6, 6.07) is 12.4. The Balaban J connectivity index is 2.23. The van der Waals surface area contributed by atoms with E-state index in [0.29, 0.717) is 23.7 Å². The van der Waals surface area contributed by atoms with Gasteiger partial charge >= 0.3 is 0 Å². The van der Waals surface area contributed by atoms with Gasteiger partial charge in [-0.15, -0.1) is 0 Å². The highest BCUT2D eigenvalue weighted by atomic mass is 35.5. The van der Waals surface area contributed by atoms with Crippen LogP contribution in [-0.4, -0.2) is 34.9 Å². The van der Waals surface area contributed by atoms with E-state index in [-0.39, 0.29) is 18.4 Å². The van der Waals surface area contributed by atoms with E-state index in [2.05, 4.69) is 5.32 Å². The largest absolute Gasteiger partial charge is 0.484 e. The zero-order chi connectivity index (χ0) is 23.2. The van der Waals surface area contributed by atoms with Crippen LogP contribution in [0.25, 0.3) is 0 Å². The Hall–Kier alpha value is -2.53. The Morgan fingerprint density at radius 1 is 1.06 bits per heavy atom. The summed E-state index contributed by atoms with van der Waals surface area (Å²) in [5, 5.41) is 3.62. The molecule has 5 nitrogen and oxygen atoms in total. The monoisotopic (exact) mass is 444 g/mol. The van der Waals surface area contributed by atoms with Gasteiger partial charge in [0.1, 0.15) is 11.8 Å². The Kier molecular flexibility index (Phi) is 8.52. The number of hydrogen-bond donors (Lipinski definition) is 1. The molecule has 0 aliphatic rings. The van der Waals surface area contributed by atoms with E-state index in [4.69, 9.17) is 16.3 Å². The fraction of sp³-hybridized carbons (Fsp3) is 0.440. The van der Waals surface area contributed by atoms with Gasteiger partial charge < -0.3 is 15.0 Å². The first kappa shape index (κ1) is 24.7. The van der Waals surface area contributed by atoms with Crippen LogP contribution in [0.1, 0.15) is 50.8 Å². The molecule has 0 saturated heterocycles. The Bertz CT molecular complexity index is 904. The van der Waals surface area contributed by atoms with Crippen molar-refractivity contribution in [1.29, 1.82) is 0 Å². The molecule has 1 N–H and O–H groups in total. The van der Waals surface area contributed by atoms with Crippen molar-refractivity contribution in [1.82, 2.24) is 10.2 Å². The summed E-state index contributed by atoms with van der Waals surface area (Å²) in [4.78, 5) is 27.8. The molecule has 0 fully saturated rings. The number of nitrogens with zero attached hydrogens (tertiary/aromatic N) is 1. The second-order valence-corrected chi connectivity index (χ2v) is 9.28. The Labute approximate surface area is 190 Å². The molecule has 6 heteroatoms. The van der Waals surface area contributed by atoms with Gasteiger partial charge in [0.2, 0.25) is 5.91 Å². The van der Waals surface area contributed by atoms with Crippen molar-refractivity contribution in [3.05, 3.63) is 64.2 Å². The van der Waals surface area contributed by atoms with Crippen molar-refractivity contribution in [2.24, 2.45) is 0 Å². The summed E-state index contributed by atoms with van der Waals surface area (Å²) in [6.45, 7) is 11.8. The topological polar surface area (TPSA) is 58.6 Å². The lowest BCUT2D eigenvalue weighted by Gasteiger charge is -2.33. The Morgan fingerprint density at radius 3 is 2.26 bits per heavy atom. The predicted octanol–water partition coefficient (Wildman–Crippen LogP) is 5.06. The molecule has 0 aliphatic heterocycles. The second kappa shape index (κ2) is 10.7. The molecule has 2 aromatic carbocycles. The maximum atomic E-state index is 13.2. The summed E-state index contributed by atoms with van der Waals surface area (Å²) in [7, 11) is 0. The number of hydrogen-bond acceptors (Lipinski definition) is 3. The number of carbonyl (C=O) groups is 2. The molecule has 168 valence electrons. The molecule has 2 rings (SSSR count). The number of rotatable bonds is 8. The fourth-order valence-electron chi connectivity index (χ4n) is 3.19. The number of benzene rings is 2. The van der Waals surface area contributed by atoms with Crippen molar-refractivity contribution < 1.29 is 14.3 Å². The lowest BCUT2D eigenvalue weighted by atomic mass is 10.1. The van der Waals surface area contributed by atoms with Gasteiger partial charge in [-0.05, 0) is 82.0 Å². The lowest BCUT2D eigenvalue weighted by molar-refractivity contribution is -0.143. The van der Waals surface area contributed by atoms with E-state index in [1.807, 2.05) is 71.9 Å². The van der Waals surface area contributed by atoms with E-state index in [9.17, 15) is 9.59 Å². The predicted molar refractivity (Wildman–Crippen MR) is 125 cm³/mol. The minimum Gasteiger partial charge on any atom is -0.484 e. The molecule has 0 bridgehead atoms. The van der Waals surface area contributed by atoms with Crippen LogP contribution in [0.2, 0.25) is 5.02 Å². The molecule has 0 aliphatic carbocycles. The maximum Gasteiger partial charge on any atom is 0.261 e. The quantitative estimate of drug-likeness (QED) is 0.619. The van der Waals surface area contributed by atoms with Crippen LogP contribution in [0.3, 0.4) is 0 Å². The number of nitrogens with one attached hydrogen (secondary N) is 1. The SMILES string of the molecule is CC[C@@H](C(=O)NC(C)(C)C)N(Cc1ccc(Cl)cc1)C(=O)COc1ccc(C)c(C)c1. The molecular formula is C25H33ClN2O3. The van der Waals surface area contributed by atoms with Crippen LogP contribution in [0.5, 0.6) is 5.75 Å². The van der Waals surface area contributed by atoms with Gasteiger partial charge in [0.05, 0.1) is 0 Å². The average Bonchev–Trinajstić information content (AvgIpc) is 2.68. The first-order valence-corrected chi connectivity index (χ1v) is 10.9. The molecule has 2 aromatic rings. The number of carbonyl (C=O) groups excluding carboxylic acids is 2. The van der Waals surface area contributed by atoms with Crippen LogP contribution >= 0.6 is 11.6 Å². The number of aryl methyl sites for hydroxylation is 2. The van der Waals surface area contributed by atoms with Crippen LogP contribution in [0.4, 0.5) is 0 Å². The molecular weight excluding hydrogens is 412 g/mol. The van der Waals surface area contributed by atoms with Gasteiger partial charge in [0.15, 0.2) is 6.61 Å². The zero-order valence-corrected chi connectivity index (χ0v) is 20.0. The van der Waals surface area contributed by atoms with E-state index >= 15 is 0 Å². The van der Waals surface area contributed by atoms with Crippen LogP contribution in [-0.2, 0) is 16.1 Å². The highest BCUT2D eigenvalue weighted by Gasteiger charge is 2.30. The Morgan fingerprint density at radius 2 is 1.71 bits per heavy atom. The van der Waals surface area contributed by atoms with Gasteiger partial charge in [-0.25, -0.2) is 0 Å². The van der Waals surface area contributed by atoms with Crippen LogP contribution in [0, 0.1) is 13.8 Å². The van der Waals surface area contributed by atoms with Crippen LogP contribution in [0.15, 0.2) is 42.5 Å². The van der Waals surface area contributed by atoms with Crippen molar-refractivity contribution in [2.75, 3.05) is 6.61 Å². The molecule has 0 heterocycles. The number of ether oxygens (including phenoxy) is 1. The minimum atomic E-state index is -0.606. The summed E-state index contributed by atoms with van der Waals surface area (Å²) in [6.07, 6.45) is 0.491. The van der Waals surface area contributed by atoms with E-state index < -0.39 is 11.6 Å². The average molecular weight is 445 g/mol. The van der Waals surface area contributed by atoms with Gasteiger partial charge in [-0.1, -0.05) is 36.7 Å². The van der Waals surface area contributed by atoms with Crippen LogP contribution < -0.4 is 10.1 Å². The lowest BCUT2D eigenvalue weighted by Crippen LogP contribution is -2.54. The van der Waals surface area contributed by atoms with E-state index in [1.165, 1.54) is 0 Å². The standard InChI is InChI=1S/C25H33ClN2O3/c1-7-22(24(30)27-25(4,5)6)28(15-19-9-11-20(26)12-10-19)23(29)16-31-21-13-8-17(2)18(3)14-21/h8-14,22H,7,15-16H2,1-6H3,(H,27,30)/t22-/m0/s1. The molecule has 0 spiro atoms. The molecule has 0 radical (unpaired) electrons. The molecule has 31 heavy (non-hydrogen) atoms. The fourth-order valence-corrected chi connectivity index (χ4v) is 3.32. The zero-order valence-electron chi connectivity index (χ0n) is 19.3. The van der Waals surface area contributed by atoms with Crippen molar-refractivity contribution in [3.8, 4) is 5.75 Å². The highest BCUT2D eigenvalue weighted by Crippen LogP contribution is 2.19. The number of halogens is 1. The van der Waals surface area contributed by atoms with Gasteiger partial charge in [0, 0.05) is 17.1 Å². The molecule has 1 atom stereocenters. The summed E-state index contributed by atoms with van der Waals surface area (Å²) in [5.74, 6) is 0.211. The highest BCUT2D eigenvalue weighted by molar-refractivity contribution is 6.30. The smallest absolute Gasteiger partial charge is 0.261 e. The molecule has 0 aromatic heterocycles. The van der Waals surface area contributed by atoms with Gasteiger partial charge in [0.25, 0.3) is 5.91 Å². The summed E-state index contributed by atoms with van der Waals surface area (Å²) >= 11 is 6.00. The maximum absolute atomic E-state index is 13.2. The van der Waals surface area contributed by atoms with E-state index in [0.717, 1.165) is 16.7 Å². The third-order valence-corrected chi connectivity index (χ3v) is 5.24. The van der Waals surface area contributed by atoms with Crippen molar-refractivity contribution in [2.45, 2.75) is 66.1 Å². The van der Waals surface area contributed by atoms with Crippen molar-refractivity contribution in [3.63, 3.8) is 0 Å². The first-order valence-electron chi connectivity index (χ1n) is 10.6. The van der Waals surface area contributed by atoms with Crippen molar-refractivity contribution >= 4 is 23.4 Å². The third-order valence-electron chi connectivity index (χ3n) is 4.99. The summed E-state index contributed by atoms with van der Waals surface area (Å²) in [5.41, 5.74) is 2.76. The normalized spacial score (nSPS) is 12.2. The van der Waals surface area contributed by atoms with Gasteiger partial charge in [-0.3, -0.25) is 9.59 Å². The third kappa shape index (κ3) is 7.59.